The molecular weight excluding hydrogens is 352 g/mol. The molecule has 0 fully saturated rings. The fraction of sp³-hybridized carbons (Fsp3) is 0. The molecule has 0 bridgehead atoms. The van der Waals surface area contributed by atoms with Crippen LogP contribution < -0.4 is 10.9 Å². The van der Waals surface area contributed by atoms with Gasteiger partial charge in [0.1, 0.15) is 11.3 Å². The van der Waals surface area contributed by atoms with E-state index in [0.717, 1.165) is 22.3 Å². The predicted octanol–water partition coefficient (Wildman–Crippen LogP) is 4.72. The average Bonchev–Trinajstić information content (AvgIpc) is 3.31. The maximum absolute atomic E-state index is 12.2. The first kappa shape index (κ1) is 16.1. The van der Waals surface area contributed by atoms with E-state index in [9.17, 15) is 4.79 Å². The van der Waals surface area contributed by atoms with Gasteiger partial charge in [-0.25, -0.2) is 4.68 Å². The second-order valence-electron chi connectivity index (χ2n) is 6.37. The second kappa shape index (κ2) is 6.59. The molecule has 3 aromatic carbocycles. The van der Waals surface area contributed by atoms with Crippen LogP contribution in [0.2, 0.25) is 0 Å². The van der Waals surface area contributed by atoms with E-state index < -0.39 is 0 Å². The third-order valence-electron chi connectivity index (χ3n) is 4.47. The van der Waals surface area contributed by atoms with E-state index in [1.165, 1.54) is 10.7 Å². The van der Waals surface area contributed by atoms with Gasteiger partial charge in [-0.1, -0.05) is 54.6 Å². The van der Waals surface area contributed by atoms with E-state index in [0.29, 0.717) is 17.4 Å². The Morgan fingerprint density at radius 2 is 1.61 bits per heavy atom. The third-order valence-corrected chi connectivity index (χ3v) is 4.47. The normalized spacial score (nSPS) is 11.0. The number of nitrogens with one attached hydrogen (secondary N) is 2. The van der Waals surface area contributed by atoms with Gasteiger partial charge in [-0.05, 0) is 35.4 Å². The summed E-state index contributed by atoms with van der Waals surface area (Å²) in [7, 11) is 0. The molecule has 0 spiro atoms. The number of nitrogens with zero attached hydrogens (tertiary/aromatic N) is 2. The molecule has 2 N–H and O–H groups in total. The lowest BCUT2D eigenvalue weighted by Gasteiger charge is -2.01. The standard InChI is InChI=1S/C22H16N4O2/c27-21-14-20(25-26(21)17-9-5-2-6-10-17)24-22-23-18-13-16(11-12-19(18)28-22)15-7-3-1-4-8-15/h1-14,25H,(H,23,24). The van der Waals surface area contributed by atoms with Gasteiger partial charge in [0, 0.05) is 6.07 Å². The summed E-state index contributed by atoms with van der Waals surface area (Å²) in [4.78, 5) is 16.7. The Hall–Kier alpha value is -4.06. The topological polar surface area (TPSA) is 75.8 Å². The molecule has 5 aromatic rings. The summed E-state index contributed by atoms with van der Waals surface area (Å²) in [5.41, 5.74) is 4.19. The highest BCUT2D eigenvalue weighted by Gasteiger charge is 2.10. The molecule has 0 amide bonds. The SMILES string of the molecule is O=c1cc(Nc2nc3cc(-c4ccccc4)ccc3o2)[nH]n1-c1ccccc1. The summed E-state index contributed by atoms with van der Waals surface area (Å²) in [6, 6.07) is 27.1. The maximum Gasteiger partial charge on any atom is 0.301 e. The second-order valence-corrected chi connectivity index (χ2v) is 6.37. The zero-order chi connectivity index (χ0) is 18.9. The fourth-order valence-corrected chi connectivity index (χ4v) is 3.14. The van der Waals surface area contributed by atoms with Crippen LogP contribution in [0.15, 0.2) is 94.1 Å². The largest absolute Gasteiger partial charge is 0.423 e. The predicted molar refractivity (Wildman–Crippen MR) is 109 cm³/mol. The number of benzene rings is 3. The highest BCUT2D eigenvalue weighted by Crippen LogP contribution is 2.27. The van der Waals surface area contributed by atoms with Crippen LogP contribution in [0.3, 0.4) is 0 Å². The van der Waals surface area contributed by atoms with E-state index in [-0.39, 0.29) is 5.56 Å². The lowest BCUT2D eigenvalue weighted by molar-refractivity contribution is 0.622. The Bertz CT molecular complexity index is 1300. The summed E-state index contributed by atoms with van der Waals surface area (Å²) in [5, 5.41) is 6.05. The van der Waals surface area contributed by atoms with Gasteiger partial charge in [-0.2, -0.15) is 4.98 Å². The smallest absolute Gasteiger partial charge is 0.301 e. The summed E-state index contributed by atoms with van der Waals surface area (Å²) in [5.74, 6) is 0.503. The Morgan fingerprint density at radius 1 is 0.857 bits per heavy atom. The molecule has 0 aliphatic heterocycles. The van der Waals surface area contributed by atoms with Crippen molar-refractivity contribution < 1.29 is 4.42 Å². The molecule has 2 aromatic heterocycles. The molecule has 0 aliphatic carbocycles. The highest BCUT2D eigenvalue weighted by atomic mass is 16.4. The van der Waals surface area contributed by atoms with E-state index >= 15 is 0 Å². The zero-order valence-corrected chi connectivity index (χ0v) is 14.8. The summed E-state index contributed by atoms with van der Waals surface area (Å²) in [6.45, 7) is 0. The van der Waals surface area contributed by atoms with Crippen LogP contribution in [0.25, 0.3) is 27.9 Å². The van der Waals surface area contributed by atoms with Gasteiger partial charge in [0.15, 0.2) is 5.58 Å². The van der Waals surface area contributed by atoms with Gasteiger partial charge in [0.05, 0.1) is 5.69 Å². The van der Waals surface area contributed by atoms with Gasteiger partial charge < -0.3 is 4.42 Å². The molecule has 136 valence electrons. The van der Waals surface area contributed by atoms with Crippen LogP contribution in [-0.2, 0) is 0 Å². The third kappa shape index (κ3) is 2.97. The summed E-state index contributed by atoms with van der Waals surface area (Å²) in [6.07, 6.45) is 0. The van der Waals surface area contributed by atoms with Crippen molar-refractivity contribution in [2.24, 2.45) is 0 Å². The van der Waals surface area contributed by atoms with Crippen LogP contribution in [0.1, 0.15) is 0 Å². The number of aromatic amines is 1. The average molecular weight is 368 g/mol. The number of rotatable bonds is 4. The number of anilines is 2. The fourth-order valence-electron chi connectivity index (χ4n) is 3.14. The Labute approximate surface area is 160 Å². The number of hydrogen-bond donors (Lipinski definition) is 2. The van der Waals surface area contributed by atoms with Crippen molar-refractivity contribution in [3.05, 3.63) is 95.3 Å². The van der Waals surface area contributed by atoms with Crippen molar-refractivity contribution in [1.29, 1.82) is 0 Å². The molecular formula is C22H16N4O2. The molecule has 0 unspecified atom stereocenters. The summed E-state index contributed by atoms with van der Waals surface area (Å²) < 4.78 is 7.22. The van der Waals surface area contributed by atoms with Crippen LogP contribution in [-0.4, -0.2) is 14.8 Å². The molecule has 0 atom stereocenters. The van der Waals surface area contributed by atoms with Crippen LogP contribution in [0.5, 0.6) is 0 Å². The number of hydrogen-bond acceptors (Lipinski definition) is 4. The van der Waals surface area contributed by atoms with Crippen molar-refractivity contribution in [2.75, 3.05) is 5.32 Å². The van der Waals surface area contributed by atoms with Gasteiger partial charge >= 0.3 is 6.01 Å². The first-order valence-corrected chi connectivity index (χ1v) is 8.87. The Morgan fingerprint density at radius 3 is 2.39 bits per heavy atom. The minimum absolute atomic E-state index is 0.170. The van der Waals surface area contributed by atoms with E-state index in [2.05, 4.69) is 27.5 Å². The minimum Gasteiger partial charge on any atom is -0.423 e. The monoisotopic (exact) mass is 368 g/mol. The summed E-state index contributed by atoms with van der Waals surface area (Å²) >= 11 is 0. The molecule has 5 rings (SSSR count). The molecule has 2 heterocycles. The highest BCUT2D eigenvalue weighted by molar-refractivity contribution is 5.81. The van der Waals surface area contributed by atoms with Crippen molar-refractivity contribution in [1.82, 2.24) is 14.8 Å². The molecule has 6 nitrogen and oxygen atoms in total. The van der Waals surface area contributed by atoms with Gasteiger partial charge in [-0.3, -0.25) is 15.2 Å². The molecule has 0 aliphatic rings. The van der Waals surface area contributed by atoms with Crippen molar-refractivity contribution >= 4 is 22.9 Å². The molecule has 0 radical (unpaired) electrons. The number of para-hydroxylation sites is 1. The van der Waals surface area contributed by atoms with Gasteiger partial charge in [-0.15, -0.1) is 0 Å². The van der Waals surface area contributed by atoms with Gasteiger partial charge in [0.2, 0.25) is 0 Å². The number of fused-ring (bicyclic) bond motifs is 1. The van der Waals surface area contributed by atoms with E-state index in [4.69, 9.17) is 4.42 Å². The Balaban J connectivity index is 1.45. The number of aromatic nitrogens is 3. The van der Waals surface area contributed by atoms with Crippen molar-refractivity contribution in [2.45, 2.75) is 0 Å². The lowest BCUT2D eigenvalue weighted by Crippen LogP contribution is -2.12. The Kier molecular flexibility index (Phi) is 3.80. The van der Waals surface area contributed by atoms with E-state index in [1.807, 2.05) is 66.7 Å². The number of oxazole rings is 1. The zero-order valence-electron chi connectivity index (χ0n) is 14.8. The first-order chi connectivity index (χ1) is 13.8. The van der Waals surface area contributed by atoms with E-state index in [1.54, 1.807) is 0 Å². The molecule has 0 saturated heterocycles. The minimum atomic E-state index is -0.170. The maximum atomic E-state index is 12.2. The van der Waals surface area contributed by atoms with Crippen LogP contribution >= 0.6 is 0 Å². The molecule has 28 heavy (non-hydrogen) atoms. The molecule has 0 saturated carbocycles. The first-order valence-electron chi connectivity index (χ1n) is 8.87. The number of H-pyrrole nitrogens is 1. The van der Waals surface area contributed by atoms with Crippen molar-refractivity contribution in [3.63, 3.8) is 0 Å². The van der Waals surface area contributed by atoms with Gasteiger partial charge in [0.25, 0.3) is 5.56 Å². The lowest BCUT2D eigenvalue weighted by atomic mass is 10.1. The van der Waals surface area contributed by atoms with Crippen molar-refractivity contribution in [3.8, 4) is 16.8 Å². The van der Waals surface area contributed by atoms with Crippen LogP contribution in [0.4, 0.5) is 11.8 Å². The van der Waals surface area contributed by atoms with Crippen LogP contribution in [0, 0.1) is 0 Å². The quantitative estimate of drug-likeness (QED) is 0.481. The molecule has 6 heteroatoms.